The summed E-state index contributed by atoms with van der Waals surface area (Å²) in [6.07, 6.45) is 11.6. The van der Waals surface area contributed by atoms with Gasteiger partial charge in [-0.3, -0.25) is 9.63 Å². The van der Waals surface area contributed by atoms with Gasteiger partial charge in [-0.05, 0) is 116 Å². The van der Waals surface area contributed by atoms with Gasteiger partial charge in [-0.25, -0.2) is 0 Å². The van der Waals surface area contributed by atoms with Crippen LogP contribution in [0.5, 0.6) is 0 Å². The van der Waals surface area contributed by atoms with E-state index < -0.39 is 0 Å². The Kier molecular flexibility index (Phi) is 19.8. The van der Waals surface area contributed by atoms with E-state index in [1.54, 1.807) is 6.92 Å². The van der Waals surface area contributed by atoms with Crippen molar-refractivity contribution in [2.24, 2.45) is 35.0 Å². The average molecular weight is 630 g/mol. The van der Waals surface area contributed by atoms with Gasteiger partial charge in [0.05, 0.1) is 18.8 Å². The monoisotopic (exact) mass is 630 g/mol. The van der Waals surface area contributed by atoms with E-state index in [4.69, 9.17) is 19.8 Å². The quantitative estimate of drug-likeness (QED) is 0.320. The molecule has 3 aliphatic carbocycles. The summed E-state index contributed by atoms with van der Waals surface area (Å²) in [6, 6.07) is 0.670. The number of carbonyl (C=O) groups excluding carboxylic acids is 1. The minimum absolute atomic E-state index is 0.0342. The number of hydrogen-bond acceptors (Lipinski definition) is 8. The fourth-order valence-electron chi connectivity index (χ4n) is 7.92. The number of hydroxylamine groups is 2. The molecule has 1 heterocycles. The molecule has 0 bridgehead atoms. The van der Waals surface area contributed by atoms with Crippen LogP contribution in [-0.2, 0) is 14.4 Å². The Morgan fingerprint density at radius 2 is 1.77 bits per heavy atom. The number of aliphatic hydroxyl groups excluding tert-OH is 3. The van der Waals surface area contributed by atoms with Crippen LogP contribution in [0.25, 0.3) is 0 Å². The maximum atomic E-state index is 12.9. The zero-order valence-electron chi connectivity index (χ0n) is 30.1. The lowest BCUT2D eigenvalue weighted by Gasteiger charge is -2.46. The molecule has 0 radical (unpaired) electrons. The molecule has 262 valence electrons. The van der Waals surface area contributed by atoms with E-state index in [1.165, 1.54) is 38.5 Å². The molecule has 44 heavy (non-hydrogen) atoms. The molecule has 3 saturated carbocycles. The summed E-state index contributed by atoms with van der Waals surface area (Å²) in [6.45, 7) is 15.6. The maximum absolute atomic E-state index is 12.9. The Morgan fingerprint density at radius 1 is 1.11 bits per heavy atom. The average Bonchev–Trinajstić information content (AvgIpc) is 3.49. The van der Waals surface area contributed by atoms with Crippen LogP contribution in [0.15, 0.2) is 0 Å². The van der Waals surface area contributed by atoms with E-state index in [-0.39, 0.29) is 36.7 Å². The lowest BCUT2D eigenvalue weighted by atomic mass is 9.65. The molecule has 1 saturated heterocycles. The molecule has 4 aliphatic rings. The second-order valence-corrected chi connectivity index (χ2v) is 14.8. The van der Waals surface area contributed by atoms with Crippen molar-refractivity contribution in [3.8, 4) is 0 Å². The van der Waals surface area contributed by atoms with Crippen LogP contribution < -0.4 is 5.32 Å². The predicted molar refractivity (Wildman–Crippen MR) is 179 cm³/mol. The van der Waals surface area contributed by atoms with Crippen molar-refractivity contribution < 1.29 is 29.7 Å². The van der Waals surface area contributed by atoms with Crippen LogP contribution in [0.4, 0.5) is 0 Å². The van der Waals surface area contributed by atoms with E-state index in [0.717, 1.165) is 52.5 Å². The van der Waals surface area contributed by atoms with Gasteiger partial charge in [-0.2, -0.15) is 5.06 Å². The van der Waals surface area contributed by atoms with Gasteiger partial charge in [0.2, 0.25) is 5.91 Å². The van der Waals surface area contributed by atoms with E-state index in [2.05, 4.69) is 64.0 Å². The lowest BCUT2D eigenvalue weighted by molar-refractivity contribution is -0.145. The number of amides is 1. The maximum Gasteiger partial charge on any atom is 0.223 e. The number of methoxy groups -OCH3 is 1. The fourth-order valence-corrected chi connectivity index (χ4v) is 7.92. The first-order valence-electron chi connectivity index (χ1n) is 17.4. The van der Waals surface area contributed by atoms with Gasteiger partial charge in [-0.15, -0.1) is 0 Å². The molecular formula is C35H71N3O6. The number of carbonyl (C=O) groups is 1. The predicted octanol–water partition coefficient (Wildman–Crippen LogP) is 4.73. The van der Waals surface area contributed by atoms with Crippen LogP contribution in [-0.4, -0.2) is 110 Å². The van der Waals surface area contributed by atoms with E-state index in [0.29, 0.717) is 35.1 Å². The van der Waals surface area contributed by atoms with Crippen molar-refractivity contribution in [3.63, 3.8) is 0 Å². The highest BCUT2D eigenvalue weighted by Gasteiger charge is 2.44. The molecule has 7 unspecified atom stereocenters. The normalized spacial score (nSPS) is 33.7. The molecule has 9 heteroatoms. The number of nitrogens with one attached hydrogen (secondary N) is 1. The first kappa shape index (κ1) is 41.2. The summed E-state index contributed by atoms with van der Waals surface area (Å²) < 4.78 is 6.14. The van der Waals surface area contributed by atoms with Crippen molar-refractivity contribution >= 4 is 5.91 Å². The lowest BCUT2D eigenvalue weighted by Crippen LogP contribution is -2.49. The Hall–Kier alpha value is -0.810. The molecule has 4 N–H and O–H groups in total. The Labute approximate surface area is 270 Å². The van der Waals surface area contributed by atoms with Gasteiger partial charge in [0.1, 0.15) is 0 Å². The SMILES string of the molecule is CC1CC(C)(C)CC[C@@H]1O.CCO.CO.COC1C(CN2CCCO2)CCCC1C1CC(C(=O)NC(C)C)CC(N(C)C)C1. The van der Waals surface area contributed by atoms with Crippen molar-refractivity contribution in [3.05, 3.63) is 0 Å². The highest BCUT2D eigenvalue weighted by atomic mass is 16.7. The largest absolute Gasteiger partial charge is 0.400 e. The van der Waals surface area contributed by atoms with E-state index >= 15 is 0 Å². The summed E-state index contributed by atoms with van der Waals surface area (Å²) in [4.78, 5) is 21.0. The number of nitrogens with zero attached hydrogens (tertiary/aromatic N) is 2. The minimum atomic E-state index is -0.0342. The highest BCUT2D eigenvalue weighted by molar-refractivity contribution is 5.79. The molecule has 0 aromatic heterocycles. The number of rotatable bonds is 7. The van der Waals surface area contributed by atoms with Gasteiger partial charge in [0, 0.05) is 57.8 Å². The molecule has 9 nitrogen and oxygen atoms in total. The second-order valence-electron chi connectivity index (χ2n) is 14.8. The molecule has 4 fully saturated rings. The summed E-state index contributed by atoms with van der Waals surface area (Å²) in [5, 5.41) is 29.3. The number of aliphatic hydroxyl groups is 3. The third kappa shape index (κ3) is 13.9. The van der Waals surface area contributed by atoms with Gasteiger partial charge >= 0.3 is 0 Å². The fraction of sp³-hybridized carbons (Fsp3) is 0.971. The van der Waals surface area contributed by atoms with Gasteiger partial charge in [0.25, 0.3) is 0 Å². The smallest absolute Gasteiger partial charge is 0.223 e. The van der Waals surface area contributed by atoms with Crippen molar-refractivity contribution in [2.45, 2.75) is 130 Å². The molecule has 1 aliphatic heterocycles. The van der Waals surface area contributed by atoms with Gasteiger partial charge in [-0.1, -0.05) is 27.2 Å². The molecule has 0 spiro atoms. The third-order valence-corrected chi connectivity index (χ3v) is 10.0. The van der Waals surface area contributed by atoms with Crippen LogP contribution >= 0.6 is 0 Å². The minimum Gasteiger partial charge on any atom is -0.400 e. The summed E-state index contributed by atoms with van der Waals surface area (Å²) in [7, 11) is 7.20. The zero-order chi connectivity index (χ0) is 33.4. The number of ether oxygens (including phenoxy) is 1. The Morgan fingerprint density at radius 3 is 2.27 bits per heavy atom. The standard InChI is InChI=1S/C23H43N3O3.C9H18O.C2H6O.CH4O/c1-16(2)24-23(27)19-12-18(13-20(14-19)25(3)4)21-9-6-8-17(22(21)28-5)15-26-10-7-11-29-26;1-7-6-9(2,3)5-4-8(7)10;1-2-3;1-2/h16-22H,6-15H2,1-5H3,(H,24,27);7-8,10H,4-6H2,1-3H3;3H,2H2,1H3;2H,1H3/t;7?,8-;;/m.0../s1. The van der Waals surface area contributed by atoms with E-state index in [9.17, 15) is 9.90 Å². The van der Waals surface area contributed by atoms with Crippen molar-refractivity contribution in [1.82, 2.24) is 15.3 Å². The van der Waals surface area contributed by atoms with Crippen molar-refractivity contribution in [2.75, 3.05) is 54.6 Å². The van der Waals surface area contributed by atoms with Crippen LogP contribution in [0, 0.1) is 35.0 Å². The molecular weight excluding hydrogens is 558 g/mol. The number of hydrogen-bond donors (Lipinski definition) is 4. The topological polar surface area (TPSA) is 115 Å². The van der Waals surface area contributed by atoms with Gasteiger partial charge in [0.15, 0.2) is 0 Å². The van der Waals surface area contributed by atoms with Crippen LogP contribution in [0.2, 0.25) is 0 Å². The molecule has 0 aromatic rings. The second kappa shape index (κ2) is 21.1. The summed E-state index contributed by atoms with van der Waals surface area (Å²) in [5.74, 6) is 2.47. The third-order valence-electron chi connectivity index (χ3n) is 10.0. The Balaban J connectivity index is 0.000000535. The molecule has 8 atom stereocenters. The highest BCUT2D eigenvalue weighted by Crippen LogP contribution is 2.44. The van der Waals surface area contributed by atoms with E-state index in [1.807, 2.05) is 7.11 Å². The Bertz CT molecular complexity index is 761. The van der Waals surface area contributed by atoms with Gasteiger partial charge < -0.3 is 30.3 Å². The zero-order valence-corrected chi connectivity index (χ0v) is 30.1. The molecule has 4 rings (SSSR count). The first-order chi connectivity index (χ1) is 20.8. The summed E-state index contributed by atoms with van der Waals surface area (Å²) >= 11 is 0. The van der Waals surface area contributed by atoms with Crippen LogP contribution in [0.1, 0.15) is 106 Å². The van der Waals surface area contributed by atoms with Crippen molar-refractivity contribution in [1.29, 1.82) is 0 Å². The molecule has 0 aromatic carbocycles. The summed E-state index contributed by atoms with van der Waals surface area (Å²) in [5.41, 5.74) is 0.471. The first-order valence-corrected chi connectivity index (χ1v) is 17.4. The van der Waals surface area contributed by atoms with Crippen LogP contribution in [0.3, 0.4) is 0 Å². The molecule has 1 amide bonds.